The third-order valence-corrected chi connectivity index (χ3v) is 5.70. The first-order valence-corrected chi connectivity index (χ1v) is 10.5. The van der Waals surface area contributed by atoms with Crippen molar-refractivity contribution in [2.45, 2.75) is 13.1 Å². The molecule has 0 aliphatic carbocycles. The van der Waals surface area contributed by atoms with Gasteiger partial charge in [0.2, 0.25) is 0 Å². The van der Waals surface area contributed by atoms with Crippen LogP contribution in [0.1, 0.15) is 42.2 Å². The third kappa shape index (κ3) is 4.22. The van der Waals surface area contributed by atoms with Crippen molar-refractivity contribution < 1.29 is 28.2 Å². The zero-order valence-electron chi connectivity index (χ0n) is 19.0. The monoisotopic (exact) mass is 462 g/mol. The van der Waals surface area contributed by atoms with E-state index in [1.807, 2.05) is 0 Å². The molecule has 1 aliphatic heterocycles. The van der Waals surface area contributed by atoms with Crippen LogP contribution in [0.3, 0.4) is 0 Å². The van der Waals surface area contributed by atoms with Crippen LogP contribution in [0.25, 0.3) is 0 Å². The van der Waals surface area contributed by atoms with Crippen molar-refractivity contribution >= 4 is 17.7 Å². The third-order valence-electron chi connectivity index (χ3n) is 5.70. The number of rotatable bonds is 7. The molecule has 0 spiro atoms. The molecule has 174 valence electrons. The molecule has 0 bridgehead atoms. The average Bonchev–Trinajstić information content (AvgIpc) is 3.08. The zero-order valence-corrected chi connectivity index (χ0v) is 19.0. The lowest BCUT2D eigenvalue weighted by atomic mass is 10.1. The molecule has 0 saturated heterocycles. The molecule has 0 atom stereocenters. The van der Waals surface area contributed by atoms with E-state index in [-0.39, 0.29) is 42.1 Å². The van der Waals surface area contributed by atoms with Crippen LogP contribution in [0, 0.1) is 5.82 Å². The second kappa shape index (κ2) is 9.35. The molecule has 0 fully saturated rings. The summed E-state index contributed by atoms with van der Waals surface area (Å²) in [6.07, 6.45) is 0. The smallest absolute Gasteiger partial charge is 0.261 e. The quantitative estimate of drug-likeness (QED) is 0.498. The minimum Gasteiger partial charge on any atom is -0.496 e. The summed E-state index contributed by atoms with van der Waals surface area (Å²) in [5, 5.41) is 0. The van der Waals surface area contributed by atoms with Crippen LogP contribution in [0.2, 0.25) is 0 Å². The number of ether oxygens (including phenoxy) is 2. The summed E-state index contributed by atoms with van der Waals surface area (Å²) in [5.41, 5.74) is 2.19. The van der Waals surface area contributed by atoms with Gasteiger partial charge in [-0.05, 0) is 47.5 Å². The summed E-state index contributed by atoms with van der Waals surface area (Å²) in [7, 11) is 4.44. The van der Waals surface area contributed by atoms with Gasteiger partial charge in [-0.1, -0.05) is 24.3 Å². The fraction of sp³-hybridized carbons (Fsp3) is 0.192. The van der Waals surface area contributed by atoms with Crippen LogP contribution in [-0.2, 0) is 13.1 Å². The number of carbonyl (C=O) groups is 3. The summed E-state index contributed by atoms with van der Waals surface area (Å²) in [6, 6.07) is 16.1. The molecular weight excluding hydrogens is 439 g/mol. The maximum atomic E-state index is 14.0. The van der Waals surface area contributed by atoms with Crippen molar-refractivity contribution in [1.82, 2.24) is 9.80 Å². The molecule has 0 unspecified atom stereocenters. The van der Waals surface area contributed by atoms with Crippen molar-refractivity contribution in [3.63, 3.8) is 0 Å². The Balaban J connectivity index is 1.55. The van der Waals surface area contributed by atoms with Crippen molar-refractivity contribution in [3.05, 3.63) is 94.3 Å². The molecule has 1 aliphatic rings. The second-order valence-corrected chi connectivity index (χ2v) is 7.91. The molecule has 4 rings (SSSR count). The van der Waals surface area contributed by atoms with Crippen molar-refractivity contribution in [2.24, 2.45) is 0 Å². The number of imide groups is 1. The van der Waals surface area contributed by atoms with Gasteiger partial charge in [-0.15, -0.1) is 0 Å². The lowest BCUT2D eigenvalue weighted by Gasteiger charge is -2.20. The summed E-state index contributed by atoms with van der Waals surface area (Å²) in [4.78, 5) is 41.2. The van der Waals surface area contributed by atoms with Gasteiger partial charge in [0.1, 0.15) is 5.75 Å². The molecule has 3 aromatic carbocycles. The van der Waals surface area contributed by atoms with E-state index in [1.54, 1.807) is 55.6 Å². The van der Waals surface area contributed by atoms with Gasteiger partial charge in [0.15, 0.2) is 11.6 Å². The first-order valence-electron chi connectivity index (χ1n) is 10.5. The molecule has 3 aromatic rings. The normalized spacial score (nSPS) is 12.5. The van der Waals surface area contributed by atoms with E-state index in [2.05, 4.69) is 0 Å². The van der Waals surface area contributed by atoms with Crippen LogP contribution < -0.4 is 9.47 Å². The number of hydrogen-bond acceptors (Lipinski definition) is 5. The van der Waals surface area contributed by atoms with Gasteiger partial charge in [-0.3, -0.25) is 19.3 Å². The highest BCUT2D eigenvalue weighted by molar-refractivity contribution is 6.21. The Labute approximate surface area is 196 Å². The van der Waals surface area contributed by atoms with Crippen LogP contribution in [0.5, 0.6) is 11.5 Å². The van der Waals surface area contributed by atoms with E-state index in [1.165, 1.54) is 31.3 Å². The maximum Gasteiger partial charge on any atom is 0.261 e. The summed E-state index contributed by atoms with van der Waals surface area (Å²) < 4.78 is 24.3. The highest BCUT2D eigenvalue weighted by Crippen LogP contribution is 2.27. The number of hydrogen-bond donors (Lipinski definition) is 0. The Morgan fingerprint density at radius 2 is 1.47 bits per heavy atom. The van der Waals surface area contributed by atoms with Gasteiger partial charge in [-0.25, -0.2) is 4.39 Å². The Bertz CT molecular complexity index is 1250. The average molecular weight is 462 g/mol. The molecule has 0 N–H and O–H groups in total. The van der Waals surface area contributed by atoms with E-state index in [4.69, 9.17) is 9.47 Å². The molecule has 0 radical (unpaired) electrons. The first kappa shape index (κ1) is 23.0. The molecule has 0 saturated carbocycles. The largest absolute Gasteiger partial charge is 0.496 e. The van der Waals surface area contributed by atoms with Crippen molar-refractivity contribution in [2.75, 3.05) is 21.3 Å². The SMILES string of the molecule is COc1ccc(CN(C)C(=O)c2cc(CN3C(=O)c4ccccc4C3=O)ccc2OC)cc1F. The Hall–Kier alpha value is -4.20. The van der Waals surface area contributed by atoms with E-state index in [0.29, 0.717) is 28.0 Å². The van der Waals surface area contributed by atoms with E-state index >= 15 is 0 Å². The molecule has 1 heterocycles. The molecule has 7 nitrogen and oxygen atoms in total. The van der Waals surface area contributed by atoms with Gasteiger partial charge >= 0.3 is 0 Å². The molecule has 34 heavy (non-hydrogen) atoms. The minimum absolute atomic E-state index is 0.0179. The number of carbonyl (C=O) groups excluding carboxylic acids is 3. The number of nitrogens with zero attached hydrogens (tertiary/aromatic N) is 2. The molecule has 0 aromatic heterocycles. The summed E-state index contributed by atoms with van der Waals surface area (Å²) >= 11 is 0. The number of benzene rings is 3. The van der Waals surface area contributed by atoms with Gasteiger partial charge in [0.25, 0.3) is 17.7 Å². The van der Waals surface area contributed by atoms with Gasteiger partial charge in [-0.2, -0.15) is 0 Å². The van der Waals surface area contributed by atoms with E-state index < -0.39 is 5.82 Å². The number of amides is 3. The van der Waals surface area contributed by atoms with Crippen LogP contribution in [0.15, 0.2) is 60.7 Å². The number of halogens is 1. The summed E-state index contributed by atoms with van der Waals surface area (Å²) in [5.74, 6) is -1.13. The molecule has 8 heteroatoms. The van der Waals surface area contributed by atoms with Crippen LogP contribution in [-0.4, -0.2) is 48.8 Å². The first-order chi connectivity index (χ1) is 16.3. The minimum atomic E-state index is -0.513. The molecular formula is C26H23FN2O5. The lowest BCUT2D eigenvalue weighted by Crippen LogP contribution is -2.30. The van der Waals surface area contributed by atoms with E-state index in [9.17, 15) is 18.8 Å². The van der Waals surface area contributed by atoms with E-state index in [0.717, 1.165) is 4.90 Å². The summed E-state index contributed by atoms with van der Waals surface area (Å²) in [6.45, 7) is 0.176. The second-order valence-electron chi connectivity index (χ2n) is 7.91. The maximum absolute atomic E-state index is 14.0. The predicted octanol–water partition coefficient (Wildman–Crippen LogP) is 3.91. The standard InChI is InChI=1S/C26H23FN2O5/c1-28(14-17-9-11-23(34-3)21(27)13-17)24(30)20-12-16(8-10-22(20)33-2)15-29-25(31)18-6-4-5-7-19(18)26(29)32/h4-13H,14-15H2,1-3H3. The highest BCUT2D eigenvalue weighted by Gasteiger charge is 2.35. The fourth-order valence-corrected chi connectivity index (χ4v) is 3.95. The topological polar surface area (TPSA) is 76.2 Å². The van der Waals surface area contributed by atoms with Gasteiger partial charge in [0.05, 0.1) is 37.5 Å². The Kier molecular flexibility index (Phi) is 6.32. The highest BCUT2D eigenvalue weighted by atomic mass is 19.1. The van der Waals surface area contributed by atoms with Crippen molar-refractivity contribution in [1.29, 1.82) is 0 Å². The van der Waals surface area contributed by atoms with Crippen LogP contribution >= 0.6 is 0 Å². The lowest BCUT2D eigenvalue weighted by molar-refractivity contribution is 0.0642. The predicted molar refractivity (Wildman–Crippen MR) is 122 cm³/mol. The zero-order chi connectivity index (χ0) is 24.4. The fourth-order valence-electron chi connectivity index (χ4n) is 3.95. The van der Waals surface area contributed by atoms with Crippen LogP contribution in [0.4, 0.5) is 4.39 Å². The number of fused-ring (bicyclic) bond motifs is 1. The van der Waals surface area contributed by atoms with Gasteiger partial charge < -0.3 is 14.4 Å². The Morgan fingerprint density at radius 1 is 0.882 bits per heavy atom. The Morgan fingerprint density at radius 3 is 2.06 bits per heavy atom. The number of methoxy groups -OCH3 is 2. The van der Waals surface area contributed by atoms with Crippen molar-refractivity contribution in [3.8, 4) is 11.5 Å². The van der Waals surface area contributed by atoms with Gasteiger partial charge in [0, 0.05) is 13.6 Å². The molecule has 3 amide bonds.